The van der Waals surface area contributed by atoms with E-state index in [0.29, 0.717) is 0 Å². The highest BCUT2D eigenvalue weighted by molar-refractivity contribution is 5.79. The van der Waals surface area contributed by atoms with Crippen LogP contribution in [0.4, 0.5) is 4.79 Å². The summed E-state index contributed by atoms with van der Waals surface area (Å²) in [5.41, 5.74) is 0.845. The van der Waals surface area contributed by atoms with Gasteiger partial charge in [-0.25, -0.2) is 9.59 Å². The van der Waals surface area contributed by atoms with Gasteiger partial charge in [0.1, 0.15) is 6.61 Å². The number of carboxylic acid groups (broad SMARTS) is 1. The fraction of sp³-hybridized carbons (Fsp3) is 0.333. The summed E-state index contributed by atoms with van der Waals surface area (Å²) in [5, 5.41) is 8.84. The van der Waals surface area contributed by atoms with Crippen molar-refractivity contribution in [2.75, 3.05) is 13.2 Å². The second-order valence-electron chi connectivity index (χ2n) is 3.79. The molecule has 6 heteroatoms. The van der Waals surface area contributed by atoms with Crippen molar-refractivity contribution >= 4 is 12.1 Å². The average Bonchev–Trinajstić information content (AvgIpc) is 2.86. The molecule has 1 aliphatic heterocycles. The molecule has 1 heterocycles. The van der Waals surface area contributed by atoms with Crippen molar-refractivity contribution in [2.24, 2.45) is 0 Å². The second kappa shape index (κ2) is 5.50. The first kappa shape index (κ1) is 12.4. The van der Waals surface area contributed by atoms with Gasteiger partial charge in [-0.2, -0.15) is 0 Å². The molecule has 18 heavy (non-hydrogen) atoms. The van der Waals surface area contributed by atoms with E-state index in [-0.39, 0.29) is 19.8 Å². The first-order chi connectivity index (χ1) is 8.68. The number of carboxylic acids is 1. The van der Waals surface area contributed by atoms with E-state index in [1.165, 1.54) is 0 Å². The van der Waals surface area contributed by atoms with Crippen molar-refractivity contribution in [1.29, 1.82) is 0 Å². The molecule has 1 saturated heterocycles. The molecule has 0 bridgehead atoms. The van der Waals surface area contributed by atoms with Crippen LogP contribution < -0.4 is 0 Å². The molecule has 0 aliphatic carbocycles. The number of rotatable bonds is 3. The van der Waals surface area contributed by atoms with Gasteiger partial charge in [0.25, 0.3) is 0 Å². The molecule has 1 aromatic rings. The summed E-state index contributed by atoms with van der Waals surface area (Å²) in [6.45, 7) is 0.546. The number of carbonyl (C=O) groups excluding carboxylic acids is 1. The minimum absolute atomic E-state index is 0.114. The summed E-state index contributed by atoms with van der Waals surface area (Å²) in [4.78, 5) is 23.6. The van der Waals surface area contributed by atoms with Gasteiger partial charge in [0.15, 0.2) is 0 Å². The number of nitrogens with zero attached hydrogens (tertiary/aromatic N) is 1. The third-order valence-corrected chi connectivity index (χ3v) is 2.54. The van der Waals surface area contributed by atoms with E-state index in [1.54, 1.807) is 0 Å². The molecule has 2 rings (SSSR count). The topological polar surface area (TPSA) is 76.1 Å². The Morgan fingerprint density at radius 3 is 2.78 bits per heavy atom. The lowest BCUT2D eigenvalue weighted by Crippen LogP contribution is -2.41. The summed E-state index contributed by atoms with van der Waals surface area (Å²) in [6.07, 6.45) is -1.92. The zero-order chi connectivity index (χ0) is 13.0. The lowest BCUT2D eigenvalue weighted by molar-refractivity contribution is -0.153. The van der Waals surface area contributed by atoms with Crippen LogP contribution in [-0.4, -0.2) is 41.4 Å². The van der Waals surface area contributed by atoms with E-state index < -0.39 is 18.3 Å². The van der Waals surface area contributed by atoms with Crippen molar-refractivity contribution in [3.63, 3.8) is 0 Å². The normalized spacial score (nSPS) is 18.7. The van der Waals surface area contributed by atoms with E-state index in [1.807, 2.05) is 30.3 Å². The average molecular weight is 251 g/mol. The molecule has 1 fully saturated rings. The molecule has 1 aromatic carbocycles. The fourth-order valence-corrected chi connectivity index (χ4v) is 1.66. The Labute approximate surface area is 104 Å². The molecule has 1 atom stereocenters. The van der Waals surface area contributed by atoms with Crippen LogP contribution in [0.1, 0.15) is 5.56 Å². The summed E-state index contributed by atoms with van der Waals surface area (Å²) >= 11 is 0. The van der Waals surface area contributed by atoms with Crippen LogP contribution in [0.5, 0.6) is 0 Å². The molecule has 1 amide bonds. The van der Waals surface area contributed by atoms with Crippen molar-refractivity contribution in [3.8, 4) is 0 Å². The third kappa shape index (κ3) is 2.78. The number of aliphatic carboxylic acids is 1. The molecule has 1 unspecified atom stereocenters. The van der Waals surface area contributed by atoms with Crippen LogP contribution in [0.2, 0.25) is 0 Å². The number of hydrogen-bond acceptors (Lipinski definition) is 4. The first-order valence-corrected chi connectivity index (χ1v) is 5.50. The standard InChI is InChI=1S/C12H13NO5/c14-11(15)10-13(6-7-17-10)12(16)18-8-9-4-2-1-3-5-9/h1-5,10H,6-8H2,(H,14,15). The van der Waals surface area contributed by atoms with E-state index in [4.69, 9.17) is 14.6 Å². The van der Waals surface area contributed by atoms with Crippen molar-refractivity contribution < 1.29 is 24.2 Å². The lowest BCUT2D eigenvalue weighted by atomic mass is 10.2. The summed E-state index contributed by atoms with van der Waals surface area (Å²) in [7, 11) is 0. The van der Waals surface area contributed by atoms with Crippen LogP contribution in [0.3, 0.4) is 0 Å². The predicted octanol–water partition coefficient (Wildman–Crippen LogP) is 1.07. The van der Waals surface area contributed by atoms with Crippen LogP contribution in [0.25, 0.3) is 0 Å². The largest absolute Gasteiger partial charge is 0.478 e. The molecule has 96 valence electrons. The van der Waals surface area contributed by atoms with Gasteiger partial charge in [-0.1, -0.05) is 30.3 Å². The summed E-state index contributed by atoms with van der Waals surface area (Å²) in [6, 6.07) is 9.18. The maximum atomic E-state index is 11.7. The first-order valence-electron chi connectivity index (χ1n) is 5.50. The number of amides is 1. The molecular weight excluding hydrogens is 238 g/mol. The number of benzene rings is 1. The third-order valence-electron chi connectivity index (χ3n) is 2.54. The van der Waals surface area contributed by atoms with Gasteiger partial charge in [0.05, 0.1) is 13.2 Å². The van der Waals surface area contributed by atoms with E-state index in [0.717, 1.165) is 10.5 Å². The molecule has 0 spiro atoms. The van der Waals surface area contributed by atoms with Gasteiger partial charge in [-0.05, 0) is 5.56 Å². The van der Waals surface area contributed by atoms with E-state index >= 15 is 0 Å². The zero-order valence-corrected chi connectivity index (χ0v) is 9.61. The molecule has 1 N–H and O–H groups in total. The summed E-state index contributed by atoms with van der Waals surface area (Å²) in [5.74, 6) is -1.19. The SMILES string of the molecule is O=C(O)C1OCCN1C(=O)OCc1ccccc1. The van der Waals surface area contributed by atoms with E-state index in [2.05, 4.69) is 0 Å². The Morgan fingerprint density at radius 1 is 1.39 bits per heavy atom. The fourth-order valence-electron chi connectivity index (χ4n) is 1.66. The van der Waals surface area contributed by atoms with Crippen molar-refractivity contribution in [2.45, 2.75) is 12.8 Å². The van der Waals surface area contributed by atoms with E-state index in [9.17, 15) is 9.59 Å². The van der Waals surface area contributed by atoms with Gasteiger partial charge < -0.3 is 14.6 Å². The highest BCUT2D eigenvalue weighted by Gasteiger charge is 2.36. The maximum absolute atomic E-state index is 11.7. The molecule has 6 nitrogen and oxygen atoms in total. The molecule has 1 aliphatic rings. The molecule has 0 saturated carbocycles. The quantitative estimate of drug-likeness (QED) is 0.869. The van der Waals surface area contributed by atoms with Crippen LogP contribution in [0.15, 0.2) is 30.3 Å². The molecule has 0 radical (unpaired) electrons. The van der Waals surface area contributed by atoms with Crippen LogP contribution >= 0.6 is 0 Å². The number of carbonyl (C=O) groups is 2. The second-order valence-corrected chi connectivity index (χ2v) is 3.79. The smallest absolute Gasteiger partial charge is 0.412 e. The minimum Gasteiger partial charge on any atom is -0.478 e. The lowest BCUT2D eigenvalue weighted by Gasteiger charge is -2.19. The summed E-state index contributed by atoms with van der Waals surface area (Å²) < 4.78 is 9.96. The van der Waals surface area contributed by atoms with Gasteiger partial charge in [0.2, 0.25) is 6.23 Å². The Kier molecular flexibility index (Phi) is 3.78. The van der Waals surface area contributed by atoms with Crippen LogP contribution in [0, 0.1) is 0 Å². The Hall–Kier alpha value is -2.08. The van der Waals surface area contributed by atoms with Crippen LogP contribution in [-0.2, 0) is 20.9 Å². The monoisotopic (exact) mass is 251 g/mol. The van der Waals surface area contributed by atoms with Gasteiger partial charge in [-0.15, -0.1) is 0 Å². The van der Waals surface area contributed by atoms with Gasteiger partial charge >= 0.3 is 12.1 Å². The Morgan fingerprint density at radius 2 is 2.11 bits per heavy atom. The molecule has 0 aromatic heterocycles. The highest BCUT2D eigenvalue weighted by Crippen LogP contribution is 2.12. The highest BCUT2D eigenvalue weighted by atomic mass is 16.6. The number of ether oxygens (including phenoxy) is 2. The van der Waals surface area contributed by atoms with Crippen molar-refractivity contribution in [1.82, 2.24) is 4.90 Å². The molecular formula is C12H13NO5. The van der Waals surface area contributed by atoms with Crippen molar-refractivity contribution in [3.05, 3.63) is 35.9 Å². The zero-order valence-electron chi connectivity index (χ0n) is 9.61. The van der Waals surface area contributed by atoms with Gasteiger partial charge in [-0.3, -0.25) is 4.90 Å². The predicted molar refractivity (Wildman–Crippen MR) is 60.7 cm³/mol. The number of hydrogen-bond donors (Lipinski definition) is 1. The van der Waals surface area contributed by atoms with Gasteiger partial charge in [0, 0.05) is 0 Å². The maximum Gasteiger partial charge on any atom is 0.412 e. The Bertz CT molecular complexity index is 433. The Balaban J connectivity index is 1.90. The minimum atomic E-state index is -1.24.